The van der Waals surface area contributed by atoms with Crippen molar-refractivity contribution in [2.75, 3.05) is 13.1 Å². The van der Waals surface area contributed by atoms with Crippen LogP contribution >= 0.6 is 0 Å². The summed E-state index contributed by atoms with van der Waals surface area (Å²) < 4.78 is 19.1. The topological polar surface area (TPSA) is 102 Å². The zero-order valence-corrected chi connectivity index (χ0v) is 33.2. The molecule has 0 radical (unpaired) electrons. The number of fused-ring (bicyclic) bond motifs is 2. The number of halogens is 1. The molecule has 3 atom stereocenters. The highest BCUT2D eigenvalue weighted by atomic mass is 19.1. The van der Waals surface area contributed by atoms with Gasteiger partial charge >= 0.3 is 12.0 Å². The van der Waals surface area contributed by atoms with E-state index in [0.29, 0.717) is 6.54 Å². The fraction of sp³-hybridized carbons (Fsp3) is 0.319. The highest BCUT2D eigenvalue weighted by Gasteiger charge is 2.52. The number of hydrogen-bond acceptors (Lipinski definition) is 6. The van der Waals surface area contributed by atoms with Gasteiger partial charge < -0.3 is 19.9 Å². The van der Waals surface area contributed by atoms with Gasteiger partial charge in [-0.2, -0.15) is 5.01 Å². The monoisotopic (exact) mass is 783 g/mol. The Labute approximate surface area is 339 Å². The molecule has 0 saturated carbocycles. The summed E-state index contributed by atoms with van der Waals surface area (Å²) in [5.74, 6) is -1.06. The summed E-state index contributed by atoms with van der Waals surface area (Å²) in [5.41, 5.74) is 4.53. The minimum atomic E-state index is -0.816. The van der Waals surface area contributed by atoms with Gasteiger partial charge in [-0.3, -0.25) is 19.4 Å². The summed E-state index contributed by atoms with van der Waals surface area (Å²) in [6.45, 7) is 6.69. The normalized spacial score (nSPS) is 17.4. The number of rotatable bonds is 14. The predicted octanol–water partition coefficient (Wildman–Crippen LogP) is 7.57. The highest BCUT2D eigenvalue weighted by molar-refractivity contribution is 5.92. The minimum Gasteiger partial charge on any atom is -0.461 e. The number of hydrazine groups is 1. The minimum absolute atomic E-state index is 0.0425. The fourth-order valence-electron chi connectivity index (χ4n) is 8.15. The predicted molar refractivity (Wildman–Crippen MR) is 220 cm³/mol. The Balaban J connectivity index is 1.12. The molecule has 2 saturated heterocycles. The molecule has 5 aromatic rings. The van der Waals surface area contributed by atoms with E-state index in [9.17, 15) is 23.6 Å². The van der Waals surface area contributed by atoms with Crippen LogP contribution in [-0.2, 0) is 45.2 Å². The van der Waals surface area contributed by atoms with Crippen LogP contribution < -0.4 is 5.32 Å². The van der Waals surface area contributed by atoms with Crippen LogP contribution in [0.3, 0.4) is 0 Å². The molecular weight excluding hydrogens is 734 g/mol. The van der Waals surface area contributed by atoms with Gasteiger partial charge in [0.25, 0.3) is 0 Å². The largest absolute Gasteiger partial charge is 0.461 e. The molecule has 0 spiro atoms. The van der Waals surface area contributed by atoms with Gasteiger partial charge in [-0.25, -0.2) is 9.18 Å². The molecule has 0 aromatic heterocycles. The van der Waals surface area contributed by atoms with E-state index in [1.807, 2.05) is 123 Å². The Morgan fingerprint density at radius 1 is 0.845 bits per heavy atom. The molecule has 300 valence electrons. The van der Waals surface area contributed by atoms with Crippen molar-refractivity contribution in [2.24, 2.45) is 0 Å². The molecule has 4 amide bonds. The van der Waals surface area contributed by atoms with Gasteiger partial charge in [0.05, 0.1) is 19.5 Å². The number of hydrogen-bond donors (Lipinski definition) is 1. The molecule has 11 heteroatoms. The van der Waals surface area contributed by atoms with E-state index in [4.69, 9.17) is 4.74 Å². The summed E-state index contributed by atoms with van der Waals surface area (Å²) in [6.07, 6.45) is 0.662. The van der Waals surface area contributed by atoms with Gasteiger partial charge in [0.2, 0.25) is 11.8 Å². The van der Waals surface area contributed by atoms with E-state index in [0.717, 1.165) is 45.0 Å². The number of benzene rings is 5. The van der Waals surface area contributed by atoms with Crippen LogP contribution in [-0.4, -0.2) is 75.0 Å². The third kappa shape index (κ3) is 9.05. The second kappa shape index (κ2) is 18.0. The molecule has 5 aromatic carbocycles. The van der Waals surface area contributed by atoms with Crippen LogP contribution in [0, 0.1) is 5.82 Å². The first-order valence-corrected chi connectivity index (χ1v) is 20.0. The van der Waals surface area contributed by atoms with Crippen molar-refractivity contribution in [1.29, 1.82) is 0 Å². The van der Waals surface area contributed by atoms with Crippen molar-refractivity contribution in [3.05, 3.63) is 155 Å². The van der Waals surface area contributed by atoms with Crippen molar-refractivity contribution >= 4 is 34.6 Å². The van der Waals surface area contributed by atoms with Gasteiger partial charge in [0, 0.05) is 25.6 Å². The maximum Gasteiger partial charge on any atom is 0.332 e. The third-order valence-corrected chi connectivity index (χ3v) is 11.2. The summed E-state index contributed by atoms with van der Waals surface area (Å²) >= 11 is 0. The number of amides is 4. The molecular formula is C47H50FN5O5. The van der Waals surface area contributed by atoms with Gasteiger partial charge in [0.15, 0.2) is 0 Å². The Bertz CT molecular complexity index is 2230. The molecule has 7 rings (SSSR count). The van der Waals surface area contributed by atoms with Crippen LogP contribution in [0.15, 0.2) is 121 Å². The smallest absolute Gasteiger partial charge is 0.332 e. The summed E-state index contributed by atoms with van der Waals surface area (Å²) in [6, 6.07) is 36.1. The van der Waals surface area contributed by atoms with E-state index in [-0.39, 0.29) is 74.6 Å². The Hall–Kier alpha value is -6.07. The average Bonchev–Trinajstić information content (AvgIpc) is 3.55. The van der Waals surface area contributed by atoms with Crippen LogP contribution in [0.4, 0.5) is 9.18 Å². The van der Waals surface area contributed by atoms with E-state index < -0.39 is 18.2 Å². The summed E-state index contributed by atoms with van der Waals surface area (Å²) in [7, 11) is 0. The van der Waals surface area contributed by atoms with Crippen LogP contribution in [0.25, 0.3) is 10.8 Å². The molecule has 1 unspecified atom stereocenters. The zero-order chi connectivity index (χ0) is 40.8. The summed E-state index contributed by atoms with van der Waals surface area (Å²) in [4.78, 5) is 58.9. The van der Waals surface area contributed by atoms with Crippen molar-refractivity contribution in [3.8, 4) is 0 Å². The lowest BCUT2D eigenvalue weighted by Crippen LogP contribution is -2.66. The number of nitrogens with zero attached hydrogens (tertiary/aromatic N) is 4. The number of urea groups is 1. The standard InChI is InChI=1S/C47H50FN5O5/c1-4-36(26-45(55)58-31-35-11-6-5-7-12-35)37-21-17-33(18-22-37)25-42-46(56)50(28-39-15-10-14-38-13-8-9-16-41(38)39)29-43-51(30-44(54)52(42)43)53(32(2)3)47(57)49-27-34-19-23-40(48)24-20-34/h5-24,32,36,42-43H,4,25-31H2,1-3H3,(H,49,57)/t36?,42-,43+/m0/s1. The Morgan fingerprint density at radius 2 is 1.53 bits per heavy atom. The van der Waals surface area contributed by atoms with E-state index in [2.05, 4.69) is 5.32 Å². The molecule has 2 fully saturated rings. The molecule has 10 nitrogen and oxygen atoms in total. The van der Waals surface area contributed by atoms with E-state index in [1.54, 1.807) is 27.1 Å². The van der Waals surface area contributed by atoms with Gasteiger partial charge in [-0.05, 0) is 76.9 Å². The van der Waals surface area contributed by atoms with Gasteiger partial charge in [-0.15, -0.1) is 0 Å². The van der Waals surface area contributed by atoms with Crippen LogP contribution in [0.2, 0.25) is 0 Å². The fourth-order valence-corrected chi connectivity index (χ4v) is 8.15. The first kappa shape index (κ1) is 40.1. The molecule has 0 aliphatic carbocycles. The van der Waals surface area contributed by atoms with E-state index >= 15 is 0 Å². The lowest BCUT2D eigenvalue weighted by molar-refractivity contribution is -0.158. The second-order valence-electron chi connectivity index (χ2n) is 15.4. The highest BCUT2D eigenvalue weighted by Crippen LogP contribution is 2.33. The Morgan fingerprint density at radius 3 is 2.26 bits per heavy atom. The van der Waals surface area contributed by atoms with Crippen LogP contribution in [0.5, 0.6) is 0 Å². The average molecular weight is 784 g/mol. The number of carbonyl (C=O) groups excluding carboxylic acids is 4. The third-order valence-electron chi connectivity index (χ3n) is 11.2. The SMILES string of the molecule is CCC(CC(=O)OCc1ccccc1)c1ccc(C[C@H]2C(=O)N(Cc3cccc4ccccc34)C[C@H]3N2C(=O)CN3N(C(=O)NCc2ccc(F)cc2)C(C)C)cc1. The van der Waals surface area contributed by atoms with Crippen molar-refractivity contribution < 1.29 is 28.3 Å². The van der Waals surface area contributed by atoms with Crippen LogP contribution in [0.1, 0.15) is 67.3 Å². The zero-order valence-electron chi connectivity index (χ0n) is 33.2. The lowest BCUT2D eigenvalue weighted by atomic mass is 9.91. The maximum absolute atomic E-state index is 14.6. The number of nitrogens with one attached hydrogen (secondary N) is 1. The second-order valence-corrected chi connectivity index (χ2v) is 15.4. The van der Waals surface area contributed by atoms with E-state index in [1.165, 1.54) is 12.1 Å². The molecule has 1 N–H and O–H groups in total. The maximum atomic E-state index is 14.6. The van der Waals surface area contributed by atoms with Crippen molar-refractivity contribution in [1.82, 2.24) is 25.1 Å². The number of carbonyl (C=O) groups is 4. The van der Waals surface area contributed by atoms with Gasteiger partial charge in [0.1, 0.15) is 24.6 Å². The number of esters is 1. The Kier molecular flexibility index (Phi) is 12.5. The number of ether oxygens (including phenoxy) is 1. The van der Waals surface area contributed by atoms with Gasteiger partial charge in [-0.1, -0.05) is 116 Å². The number of piperazine rings is 1. The lowest BCUT2D eigenvalue weighted by Gasteiger charge is -2.47. The first-order valence-electron chi connectivity index (χ1n) is 20.0. The first-order chi connectivity index (χ1) is 28.1. The van der Waals surface area contributed by atoms with Crippen molar-refractivity contribution in [2.45, 2.75) is 83.9 Å². The molecule has 2 heterocycles. The molecule has 0 bridgehead atoms. The van der Waals surface area contributed by atoms with Crippen molar-refractivity contribution in [3.63, 3.8) is 0 Å². The molecule has 2 aliphatic rings. The molecule has 2 aliphatic heterocycles. The summed E-state index contributed by atoms with van der Waals surface area (Å²) in [5, 5.41) is 8.42. The molecule has 58 heavy (non-hydrogen) atoms. The quantitative estimate of drug-likeness (QED) is 0.117.